The summed E-state index contributed by atoms with van der Waals surface area (Å²) in [6, 6.07) is 1.79. The fourth-order valence-corrected chi connectivity index (χ4v) is 3.04. The molecule has 2 unspecified atom stereocenters. The SMILES string of the molecule is CCOC(=O)C(C(C)C)C(O)c1ncc(Br)cc1Br. The third kappa shape index (κ3) is 4.26. The second-order valence-electron chi connectivity index (χ2n) is 4.49. The monoisotopic (exact) mass is 393 g/mol. The Morgan fingerprint density at radius 3 is 2.58 bits per heavy atom. The quantitative estimate of drug-likeness (QED) is 0.776. The number of esters is 1. The molecular weight excluding hydrogens is 378 g/mol. The van der Waals surface area contributed by atoms with E-state index < -0.39 is 18.0 Å². The molecule has 0 aromatic carbocycles. The van der Waals surface area contributed by atoms with E-state index in [-0.39, 0.29) is 5.92 Å². The Bertz CT molecular complexity index is 452. The second kappa shape index (κ2) is 7.36. The summed E-state index contributed by atoms with van der Waals surface area (Å²) in [6.45, 7) is 5.79. The van der Waals surface area contributed by atoms with Crippen LogP contribution in [-0.2, 0) is 9.53 Å². The minimum Gasteiger partial charge on any atom is -0.466 e. The molecule has 2 atom stereocenters. The third-order valence-corrected chi connectivity index (χ3v) is 3.80. The number of halogens is 2. The van der Waals surface area contributed by atoms with Crippen LogP contribution in [-0.4, -0.2) is 22.7 Å². The molecular formula is C13H17Br2NO3. The van der Waals surface area contributed by atoms with Crippen LogP contribution in [0.5, 0.6) is 0 Å². The number of aliphatic hydroxyl groups is 1. The molecule has 4 nitrogen and oxygen atoms in total. The maximum atomic E-state index is 11.9. The van der Waals surface area contributed by atoms with E-state index >= 15 is 0 Å². The molecule has 0 aliphatic heterocycles. The second-order valence-corrected chi connectivity index (χ2v) is 6.26. The molecule has 1 N–H and O–H groups in total. The van der Waals surface area contributed by atoms with Gasteiger partial charge in [-0.05, 0) is 50.8 Å². The maximum Gasteiger partial charge on any atom is 0.312 e. The predicted molar refractivity (Wildman–Crippen MR) is 79.6 cm³/mol. The highest BCUT2D eigenvalue weighted by atomic mass is 79.9. The van der Waals surface area contributed by atoms with Crippen molar-refractivity contribution in [3.63, 3.8) is 0 Å². The third-order valence-electron chi connectivity index (χ3n) is 2.73. The van der Waals surface area contributed by atoms with E-state index in [9.17, 15) is 9.90 Å². The van der Waals surface area contributed by atoms with E-state index in [1.165, 1.54) is 0 Å². The zero-order valence-electron chi connectivity index (χ0n) is 11.1. The summed E-state index contributed by atoms with van der Waals surface area (Å²) < 4.78 is 6.48. The number of pyridine rings is 1. The van der Waals surface area contributed by atoms with Crippen LogP contribution in [0.1, 0.15) is 32.6 Å². The molecule has 0 saturated heterocycles. The fourth-order valence-electron chi connectivity index (χ4n) is 1.82. The Morgan fingerprint density at radius 2 is 2.11 bits per heavy atom. The summed E-state index contributed by atoms with van der Waals surface area (Å²) in [7, 11) is 0. The fraction of sp³-hybridized carbons (Fsp3) is 0.538. The highest BCUT2D eigenvalue weighted by molar-refractivity contribution is 9.11. The molecule has 0 saturated carbocycles. The van der Waals surface area contributed by atoms with Crippen LogP contribution in [0.2, 0.25) is 0 Å². The summed E-state index contributed by atoms with van der Waals surface area (Å²) in [5, 5.41) is 10.4. The number of hydrogen-bond donors (Lipinski definition) is 1. The molecule has 0 spiro atoms. The topological polar surface area (TPSA) is 59.4 Å². The van der Waals surface area contributed by atoms with Crippen LogP contribution < -0.4 is 0 Å². The first-order valence-electron chi connectivity index (χ1n) is 6.04. The molecule has 0 radical (unpaired) electrons. The number of carbonyl (C=O) groups is 1. The molecule has 1 rings (SSSR count). The first kappa shape index (κ1) is 16.6. The van der Waals surface area contributed by atoms with Crippen molar-refractivity contribution < 1.29 is 14.6 Å². The minimum absolute atomic E-state index is 0.0496. The molecule has 1 heterocycles. The van der Waals surface area contributed by atoms with Gasteiger partial charge in [0.05, 0.1) is 18.2 Å². The standard InChI is InChI=1S/C13H17Br2NO3/c1-4-19-13(18)10(7(2)3)12(17)11-9(15)5-8(14)6-16-11/h5-7,10,12,17H,4H2,1-3H3. The summed E-state index contributed by atoms with van der Waals surface area (Å²) in [6.07, 6.45) is 0.591. The minimum atomic E-state index is -0.999. The van der Waals surface area contributed by atoms with Gasteiger partial charge in [-0.25, -0.2) is 0 Å². The van der Waals surface area contributed by atoms with Gasteiger partial charge in [0.2, 0.25) is 0 Å². The van der Waals surface area contributed by atoms with Crippen molar-refractivity contribution >= 4 is 37.8 Å². The number of carbonyl (C=O) groups excluding carboxylic acids is 1. The van der Waals surface area contributed by atoms with Gasteiger partial charge in [0, 0.05) is 15.1 Å². The van der Waals surface area contributed by atoms with E-state index in [2.05, 4.69) is 36.8 Å². The highest BCUT2D eigenvalue weighted by Crippen LogP contribution is 2.33. The van der Waals surface area contributed by atoms with Gasteiger partial charge in [0.25, 0.3) is 0 Å². The summed E-state index contributed by atoms with van der Waals surface area (Å²) >= 11 is 6.65. The van der Waals surface area contributed by atoms with Crippen molar-refractivity contribution in [3.8, 4) is 0 Å². The molecule has 1 aromatic rings. The van der Waals surface area contributed by atoms with Gasteiger partial charge in [-0.3, -0.25) is 9.78 Å². The summed E-state index contributed by atoms with van der Waals surface area (Å²) in [4.78, 5) is 16.1. The number of aromatic nitrogens is 1. The lowest BCUT2D eigenvalue weighted by Gasteiger charge is -2.24. The van der Waals surface area contributed by atoms with E-state index in [4.69, 9.17) is 4.74 Å². The van der Waals surface area contributed by atoms with E-state index in [1.807, 2.05) is 13.8 Å². The lowest BCUT2D eigenvalue weighted by atomic mass is 9.88. The summed E-state index contributed by atoms with van der Waals surface area (Å²) in [5.74, 6) is -1.09. The number of rotatable bonds is 5. The molecule has 0 amide bonds. The normalized spacial score (nSPS) is 14.3. The van der Waals surface area contributed by atoms with Crippen LogP contribution in [0.3, 0.4) is 0 Å². The smallest absolute Gasteiger partial charge is 0.312 e. The Balaban J connectivity index is 3.05. The van der Waals surface area contributed by atoms with Gasteiger partial charge in [-0.2, -0.15) is 0 Å². The Labute approximate surface area is 129 Å². The van der Waals surface area contributed by atoms with Gasteiger partial charge in [-0.15, -0.1) is 0 Å². The predicted octanol–water partition coefficient (Wildman–Crippen LogP) is 3.48. The van der Waals surface area contributed by atoms with Gasteiger partial charge >= 0.3 is 5.97 Å². The molecule has 0 bridgehead atoms. The van der Waals surface area contributed by atoms with Crippen molar-refractivity contribution in [2.75, 3.05) is 6.61 Å². The average molecular weight is 395 g/mol. The maximum absolute atomic E-state index is 11.9. The van der Waals surface area contributed by atoms with Crippen molar-refractivity contribution in [1.29, 1.82) is 0 Å². The molecule has 106 valence electrons. The lowest BCUT2D eigenvalue weighted by molar-refractivity contribution is -0.154. The Kier molecular flexibility index (Phi) is 6.42. The average Bonchev–Trinajstić information content (AvgIpc) is 2.28. The highest BCUT2D eigenvalue weighted by Gasteiger charge is 2.34. The zero-order valence-corrected chi connectivity index (χ0v) is 14.2. The van der Waals surface area contributed by atoms with E-state index in [1.54, 1.807) is 19.2 Å². The van der Waals surface area contributed by atoms with Crippen molar-refractivity contribution in [1.82, 2.24) is 4.98 Å². The first-order chi connectivity index (χ1) is 8.88. The zero-order chi connectivity index (χ0) is 14.6. The molecule has 6 heteroatoms. The van der Waals surface area contributed by atoms with Crippen molar-refractivity contribution in [3.05, 3.63) is 26.9 Å². The Hall–Kier alpha value is -0.460. The molecule has 0 fully saturated rings. The van der Waals surface area contributed by atoms with Crippen molar-refractivity contribution in [2.45, 2.75) is 26.9 Å². The van der Waals surface area contributed by atoms with Crippen LogP contribution in [0.4, 0.5) is 0 Å². The number of nitrogens with zero attached hydrogens (tertiary/aromatic N) is 1. The van der Waals surface area contributed by atoms with Crippen molar-refractivity contribution in [2.24, 2.45) is 11.8 Å². The van der Waals surface area contributed by atoms with Gasteiger partial charge in [-0.1, -0.05) is 13.8 Å². The molecule has 19 heavy (non-hydrogen) atoms. The Morgan fingerprint density at radius 1 is 1.47 bits per heavy atom. The van der Waals surface area contributed by atoms with Crippen LogP contribution in [0.15, 0.2) is 21.2 Å². The van der Waals surface area contributed by atoms with Crippen LogP contribution in [0.25, 0.3) is 0 Å². The number of aliphatic hydroxyl groups excluding tert-OH is 1. The summed E-state index contributed by atoms with van der Waals surface area (Å²) in [5.41, 5.74) is 0.440. The first-order valence-corrected chi connectivity index (χ1v) is 7.62. The number of hydrogen-bond acceptors (Lipinski definition) is 4. The van der Waals surface area contributed by atoms with Gasteiger partial charge in [0.15, 0.2) is 0 Å². The lowest BCUT2D eigenvalue weighted by Crippen LogP contribution is -2.29. The van der Waals surface area contributed by atoms with Gasteiger partial charge < -0.3 is 9.84 Å². The number of ether oxygens (including phenoxy) is 1. The molecule has 1 aromatic heterocycles. The van der Waals surface area contributed by atoms with Crippen LogP contribution in [0, 0.1) is 11.8 Å². The van der Waals surface area contributed by atoms with Gasteiger partial charge in [0.1, 0.15) is 6.10 Å². The van der Waals surface area contributed by atoms with E-state index in [0.29, 0.717) is 16.8 Å². The molecule has 0 aliphatic rings. The van der Waals surface area contributed by atoms with Crippen LogP contribution >= 0.6 is 31.9 Å². The molecule has 0 aliphatic carbocycles. The van der Waals surface area contributed by atoms with E-state index in [0.717, 1.165) is 4.47 Å². The largest absolute Gasteiger partial charge is 0.466 e.